The second-order valence-corrected chi connectivity index (χ2v) is 6.43. The molecule has 3 aromatic rings. The third-order valence-corrected chi connectivity index (χ3v) is 4.61. The van der Waals surface area contributed by atoms with Crippen molar-refractivity contribution in [3.8, 4) is 11.5 Å². The van der Waals surface area contributed by atoms with Crippen LogP contribution in [0.1, 0.15) is 25.0 Å². The van der Waals surface area contributed by atoms with Gasteiger partial charge < -0.3 is 20.1 Å². The number of hydrogen-bond acceptors (Lipinski definition) is 7. The van der Waals surface area contributed by atoms with Crippen LogP contribution in [0.3, 0.4) is 0 Å². The first kappa shape index (κ1) is 18.0. The number of ether oxygens (including phenoxy) is 2. The van der Waals surface area contributed by atoms with Crippen molar-refractivity contribution in [2.45, 2.75) is 26.7 Å². The summed E-state index contributed by atoms with van der Waals surface area (Å²) in [5.74, 6) is 2.51. The highest BCUT2D eigenvalue weighted by atomic mass is 16.6. The van der Waals surface area contributed by atoms with Crippen LogP contribution < -0.4 is 20.1 Å². The first-order chi connectivity index (χ1) is 13.8. The van der Waals surface area contributed by atoms with Crippen LogP contribution in [0.5, 0.6) is 11.5 Å². The molecule has 1 aliphatic rings. The molecule has 2 N–H and O–H groups in total. The Morgan fingerprint density at radius 2 is 1.68 bits per heavy atom. The number of aromatic nitrogens is 3. The highest BCUT2D eigenvalue weighted by Crippen LogP contribution is 2.33. The average molecular weight is 377 g/mol. The number of fused-ring (bicyclic) bond motifs is 1. The van der Waals surface area contributed by atoms with E-state index in [1.165, 1.54) is 11.1 Å². The van der Waals surface area contributed by atoms with Gasteiger partial charge in [0.05, 0.1) is 6.20 Å². The van der Waals surface area contributed by atoms with Crippen molar-refractivity contribution in [3.05, 3.63) is 53.7 Å². The zero-order valence-electron chi connectivity index (χ0n) is 16.0. The van der Waals surface area contributed by atoms with Crippen LogP contribution in [0.4, 0.5) is 23.1 Å². The molecule has 0 atom stereocenters. The molecule has 28 heavy (non-hydrogen) atoms. The fraction of sp³-hybridized carbons (Fsp3) is 0.286. The molecule has 2 heterocycles. The van der Waals surface area contributed by atoms with E-state index in [4.69, 9.17) is 9.47 Å². The molecule has 1 aliphatic heterocycles. The van der Waals surface area contributed by atoms with E-state index in [1.807, 2.05) is 18.2 Å². The van der Waals surface area contributed by atoms with Gasteiger partial charge in [-0.15, -0.1) is 5.10 Å². The van der Waals surface area contributed by atoms with Crippen molar-refractivity contribution >= 4 is 23.1 Å². The molecular formula is C21H23N5O2. The van der Waals surface area contributed by atoms with E-state index in [9.17, 15) is 0 Å². The van der Waals surface area contributed by atoms with Crippen molar-refractivity contribution in [2.75, 3.05) is 23.8 Å². The van der Waals surface area contributed by atoms with Gasteiger partial charge >= 0.3 is 0 Å². The van der Waals surface area contributed by atoms with Gasteiger partial charge in [0, 0.05) is 17.4 Å². The number of benzene rings is 2. The third kappa shape index (κ3) is 3.83. The van der Waals surface area contributed by atoms with E-state index < -0.39 is 0 Å². The minimum Gasteiger partial charge on any atom is -0.486 e. The quantitative estimate of drug-likeness (QED) is 0.664. The van der Waals surface area contributed by atoms with E-state index in [2.05, 4.69) is 57.9 Å². The van der Waals surface area contributed by atoms with Gasteiger partial charge in [0.1, 0.15) is 13.2 Å². The summed E-state index contributed by atoms with van der Waals surface area (Å²) in [6, 6.07) is 12.0. The fourth-order valence-electron chi connectivity index (χ4n) is 3.20. The zero-order valence-corrected chi connectivity index (χ0v) is 16.0. The summed E-state index contributed by atoms with van der Waals surface area (Å²) in [5.41, 5.74) is 4.41. The van der Waals surface area contributed by atoms with Gasteiger partial charge in [0.2, 0.25) is 5.95 Å². The molecule has 1 aromatic heterocycles. The molecule has 0 saturated carbocycles. The van der Waals surface area contributed by atoms with Crippen molar-refractivity contribution in [2.24, 2.45) is 0 Å². The SMILES string of the molecule is CCc1cccc(CC)c1Nc1cnnc(Nc2ccc3c(c2)OCCO3)n1. The topological polar surface area (TPSA) is 81.2 Å². The van der Waals surface area contributed by atoms with E-state index in [0.717, 1.165) is 30.0 Å². The molecule has 7 heteroatoms. The smallest absolute Gasteiger partial charge is 0.249 e. The largest absolute Gasteiger partial charge is 0.486 e. The Bertz CT molecular complexity index is 955. The summed E-state index contributed by atoms with van der Waals surface area (Å²) in [7, 11) is 0. The van der Waals surface area contributed by atoms with Gasteiger partial charge in [0.25, 0.3) is 0 Å². The van der Waals surface area contributed by atoms with Gasteiger partial charge in [0.15, 0.2) is 17.3 Å². The van der Waals surface area contributed by atoms with E-state index >= 15 is 0 Å². The number of nitrogens with zero attached hydrogens (tertiary/aromatic N) is 3. The second-order valence-electron chi connectivity index (χ2n) is 6.43. The number of aryl methyl sites for hydroxylation is 2. The van der Waals surface area contributed by atoms with Gasteiger partial charge in [-0.2, -0.15) is 10.1 Å². The number of rotatable bonds is 6. The second kappa shape index (κ2) is 8.12. The van der Waals surface area contributed by atoms with Crippen molar-refractivity contribution in [1.29, 1.82) is 0 Å². The Labute approximate surface area is 164 Å². The molecular weight excluding hydrogens is 354 g/mol. The zero-order chi connectivity index (χ0) is 19.3. The Morgan fingerprint density at radius 3 is 2.43 bits per heavy atom. The summed E-state index contributed by atoms with van der Waals surface area (Å²) in [6.07, 6.45) is 3.51. The fourth-order valence-corrected chi connectivity index (χ4v) is 3.20. The molecule has 144 valence electrons. The molecule has 0 spiro atoms. The molecule has 4 rings (SSSR count). The Hall–Kier alpha value is -3.35. The maximum atomic E-state index is 5.62. The van der Waals surface area contributed by atoms with Crippen LogP contribution >= 0.6 is 0 Å². The lowest BCUT2D eigenvalue weighted by atomic mass is 10.0. The van der Waals surface area contributed by atoms with Crippen LogP contribution in [0.25, 0.3) is 0 Å². The Balaban J connectivity index is 1.56. The Kier molecular flexibility index (Phi) is 5.23. The summed E-state index contributed by atoms with van der Waals surface area (Å²) in [5, 5.41) is 14.8. The first-order valence-electron chi connectivity index (χ1n) is 9.51. The van der Waals surface area contributed by atoms with Crippen molar-refractivity contribution in [1.82, 2.24) is 15.2 Å². The average Bonchev–Trinajstić information content (AvgIpc) is 2.74. The summed E-state index contributed by atoms with van der Waals surface area (Å²) < 4.78 is 11.2. The third-order valence-electron chi connectivity index (χ3n) is 4.61. The minimum absolute atomic E-state index is 0.411. The summed E-state index contributed by atoms with van der Waals surface area (Å²) in [4.78, 5) is 4.56. The van der Waals surface area contributed by atoms with Crippen LogP contribution in [-0.4, -0.2) is 28.4 Å². The highest BCUT2D eigenvalue weighted by Gasteiger charge is 2.13. The molecule has 0 saturated heterocycles. The molecule has 0 amide bonds. The molecule has 0 radical (unpaired) electrons. The molecule has 7 nitrogen and oxygen atoms in total. The minimum atomic E-state index is 0.411. The predicted octanol–water partition coefficient (Wildman–Crippen LogP) is 4.25. The summed E-state index contributed by atoms with van der Waals surface area (Å²) >= 11 is 0. The normalized spacial score (nSPS) is 12.5. The van der Waals surface area contributed by atoms with Gasteiger partial charge in [-0.1, -0.05) is 32.0 Å². The highest BCUT2D eigenvalue weighted by molar-refractivity contribution is 5.66. The first-order valence-corrected chi connectivity index (χ1v) is 9.51. The number of nitrogens with one attached hydrogen (secondary N) is 2. The monoisotopic (exact) mass is 377 g/mol. The Morgan fingerprint density at radius 1 is 0.929 bits per heavy atom. The van der Waals surface area contributed by atoms with Crippen molar-refractivity contribution < 1.29 is 9.47 Å². The van der Waals surface area contributed by atoms with Gasteiger partial charge in [-0.3, -0.25) is 0 Å². The van der Waals surface area contributed by atoms with E-state index in [-0.39, 0.29) is 0 Å². The van der Waals surface area contributed by atoms with Crippen LogP contribution in [0.2, 0.25) is 0 Å². The van der Waals surface area contributed by atoms with Crippen LogP contribution in [0.15, 0.2) is 42.6 Å². The number of anilines is 4. The van der Waals surface area contributed by atoms with Gasteiger partial charge in [-0.05, 0) is 36.1 Å². The molecule has 0 aliphatic carbocycles. The molecule has 0 fully saturated rings. The summed E-state index contributed by atoms with van der Waals surface area (Å²) in [6.45, 7) is 5.41. The lowest BCUT2D eigenvalue weighted by molar-refractivity contribution is 0.171. The van der Waals surface area contributed by atoms with Crippen LogP contribution in [-0.2, 0) is 12.8 Å². The maximum Gasteiger partial charge on any atom is 0.249 e. The lowest BCUT2D eigenvalue weighted by Gasteiger charge is -2.19. The van der Waals surface area contributed by atoms with Crippen LogP contribution in [0, 0.1) is 0 Å². The lowest BCUT2D eigenvalue weighted by Crippen LogP contribution is -2.15. The molecule has 0 bridgehead atoms. The molecule has 0 unspecified atom stereocenters. The maximum absolute atomic E-state index is 5.62. The van der Waals surface area contributed by atoms with Crippen molar-refractivity contribution in [3.63, 3.8) is 0 Å². The standard InChI is InChI=1S/C21H23N5O2/c1-3-14-6-5-7-15(4-2)20(14)24-19-13-22-26-21(25-19)23-16-8-9-17-18(12-16)28-11-10-27-17/h5-9,12-13H,3-4,10-11H2,1-2H3,(H2,23,24,25,26). The number of para-hydroxylation sites is 1. The predicted molar refractivity (Wildman–Crippen MR) is 109 cm³/mol. The van der Waals surface area contributed by atoms with E-state index in [0.29, 0.717) is 30.7 Å². The number of hydrogen-bond donors (Lipinski definition) is 2. The van der Waals surface area contributed by atoms with E-state index in [1.54, 1.807) is 6.20 Å². The van der Waals surface area contributed by atoms with Gasteiger partial charge in [-0.25, -0.2) is 0 Å². The molecule has 2 aromatic carbocycles.